The van der Waals surface area contributed by atoms with Gasteiger partial charge in [0.1, 0.15) is 0 Å². The molecule has 2 aliphatic rings. The van der Waals surface area contributed by atoms with E-state index in [1.54, 1.807) is 0 Å². The van der Waals surface area contributed by atoms with Crippen LogP contribution < -0.4 is 0 Å². The predicted molar refractivity (Wildman–Crippen MR) is 74.3 cm³/mol. The van der Waals surface area contributed by atoms with E-state index in [4.69, 9.17) is 0 Å². The maximum atomic E-state index is 2.76. The number of hydrogen-bond acceptors (Lipinski definition) is 2. The van der Waals surface area contributed by atoms with Gasteiger partial charge in [-0.05, 0) is 18.3 Å². The van der Waals surface area contributed by atoms with Gasteiger partial charge in [-0.25, -0.2) is 0 Å². The SMILES string of the molecule is CC(C)(C)CN1CCN(C2CCCCC2)CC1. The monoisotopic (exact) mass is 238 g/mol. The third kappa shape index (κ3) is 4.26. The molecule has 0 amide bonds. The Morgan fingerprint density at radius 3 is 2.00 bits per heavy atom. The van der Waals surface area contributed by atoms with Crippen LogP contribution in [-0.4, -0.2) is 48.6 Å². The van der Waals surface area contributed by atoms with E-state index in [1.165, 1.54) is 64.8 Å². The molecule has 2 fully saturated rings. The molecule has 2 rings (SSSR count). The Morgan fingerprint density at radius 2 is 1.47 bits per heavy atom. The molecule has 0 aromatic heterocycles. The summed E-state index contributed by atoms with van der Waals surface area (Å²) in [6.07, 6.45) is 7.32. The van der Waals surface area contributed by atoms with E-state index in [-0.39, 0.29) is 0 Å². The zero-order valence-electron chi connectivity index (χ0n) is 12.0. The van der Waals surface area contributed by atoms with Crippen molar-refractivity contribution in [3.8, 4) is 0 Å². The van der Waals surface area contributed by atoms with Crippen LogP contribution in [0.15, 0.2) is 0 Å². The van der Waals surface area contributed by atoms with Gasteiger partial charge in [0.15, 0.2) is 0 Å². The fraction of sp³-hybridized carbons (Fsp3) is 1.00. The molecule has 0 aromatic rings. The molecule has 0 aromatic carbocycles. The second kappa shape index (κ2) is 5.71. The maximum Gasteiger partial charge on any atom is 0.0113 e. The molecular weight excluding hydrogens is 208 g/mol. The van der Waals surface area contributed by atoms with E-state index in [1.807, 2.05) is 0 Å². The van der Waals surface area contributed by atoms with Gasteiger partial charge in [0.2, 0.25) is 0 Å². The van der Waals surface area contributed by atoms with E-state index in [0.717, 1.165) is 6.04 Å². The van der Waals surface area contributed by atoms with Gasteiger partial charge in [-0.2, -0.15) is 0 Å². The third-order valence-electron chi connectivity index (χ3n) is 4.20. The molecule has 100 valence electrons. The van der Waals surface area contributed by atoms with E-state index < -0.39 is 0 Å². The highest BCUT2D eigenvalue weighted by Crippen LogP contribution is 2.24. The number of rotatable bonds is 2. The topological polar surface area (TPSA) is 6.48 Å². The molecule has 0 radical (unpaired) electrons. The lowest BCUT2D eigenvalue weighted by atomic mass is 9.93. The minimum Gasteiger partial charge on any atom is -0.300 e. The van der Waals surface area contributed by atoms with E-state index in [2.05, 4.69) is 30.6 Å². The summed E-state index contributed by atoms with van der Waals surface area (Å²) in [5.74, 6) is 0. The summed E-state index contributed by atoms with van der Waals surface area (Å²) < 4.78 is 0. The summed E-state index contributed by atoms with van der Waals surface area (Å²) in [6.45, 7) is 13.5. The molecule has 1 saturated heterocycles. The summed E-state index contributed by atoms with van der Waals surface area (Å²) in [5, 5.41) is 0. The molecule has 0 spiro atoms. The maximum absolute atomic E-state index is 2.76. The first-order chi connectivity index (χ1) is 8.04. The molecule has 2 heteroatoms. The summed E-state index contributed by atoms with van der Waals surface area (Å²) in [6, 6.07) is 0.917. The van der Waals surface area contributed by atoms with Gasteiger partial charge in [-0.3, -0.25) is 4.90 Å². The van der Waals surface area contributed by atoms with Crippen molar-refractivity contribution in [3.05, 3.63) is 0 Å². The lowest BCUT2D eigenvalue weighted by molar-refractivity contribution is 0.0625. The molecule has 1 saturated carbocycles. The van der Waals surface area contributed by atoms with Crippen LogP contribution in [0.3, 0.4) is 0 Å². The second-order valence-electron chi connectivity index (χ2n) is 7.16. The zero-order chi connectivity index (χ0) is 12.3. The van der Waals surface area contributed by atoms with Gasteiger partial charge >= 0.3 is 0 Å². The van der Waals surface area contributed by atoms with Crippen molar-refractivity contribution in [1.82, 2.24) is 9.80 Å². The standard InChI is InChI=1S/C15H30N2/c1-15(2,3)13-16-9-11-17(12-10-16)14-7-5-4-6-8-14/h14H,4-13H2,1-3H3. The lowest BCUT2D eigenvalue weighted by Crippen LogP contribution is -2.52. The Hall–Kier alpha value is -0.0800. The minimum absolute atomic E-state index is 0.451. The number of hydrogen-bond donors (Lipinski definition) is 0. The Bertz CT molecular complexity index is 218. The first kappa shape index (κ1) is 13.4. The highest BCUT2D eigenvalue weighted by molar-refractivity contribution is 4.82. The number of nitrogens with zero attached hydrogens (tertiary/aromatic N) is 2. The first-order valence-corrected chi connectivity index (χ1v) is 7.51. The van der Waals surface area contributed by atoms with Crippen LogP contribution in [0.4, 0.5) is 0 Å². The van der Waals surface area contributed by atoms with Crippen molar-refractivity contribution in [2.45, 2.75) is 58.9 Å². The van der Waals surface area contributed by atoms with Gasteiger partial charge in [-0.1, -0.05) is 40.0 Å². The summed E-state index contributed by atoms with van der Waals surface area (Å²) in [4.78, 5) is 5.41. The molecule has 0 bridgehead atoms. The Balaban J connectivity index is 1.73. The molecule has 1 aliphatic carbocycles. The summed E-state index contributed by atoms with van der Waals surface area (Å²) in [5.41, 5.74) is 0.451. The van der Waals surface area contributed by atoms with Crippen molar-refractivity contribution in [2.75, 3.05) is 32.7 Å². The molecule has 2 nitrogen and oxygen atoms in total. The second-order valence-corrected chi connectivity index (χ2v) is 7.16. The van der Waals surface area contributed by atoms with Crippen LogP contribution in [0, 0.1) is 5.41 Å². The van der Waals surface area contributed by atoms with Crippen molar-refractivity contribution in [1.29, 1.82) is 0 Å². The highest BCUT2D eigenvalue weighted by Gasteiger charge is 2.26. The average Bonchev–Trinajstić information content (AvgIpc) is 2.29. The average molecular weight is 238 g/mol. The molecular formula is C15H30N2. The zero-order valence-corrected chi connectivity index (χ0v) is 12.0. The van der Waals surface area contributed by atoms with Gasteiger partial charge < -0.3 is 4.90 Å². The van der Waals surface area contributed by atoms with Crippen molar-refractivity contribution < 1.29 is 0 Å². The van der Waals surface area contributed by atoms with Crippen LogP contribution in [0.2, 0.25) is 0 Å². The van der Waals surface area contributed by atoms with Crippen molar-refractivity contribution >= 4 is 0 Å². The Kier molecular flexibility index (Phi) is 4.48. The molecule has 1 heterocycles. The van der Waals surface area contributed by atoms with Gasteiger partial charge in [0.25, 0.3) is 0 Å². The Labute approximate surface area is 107 Å². The van der Waals surface area contributed by atoms with Crippen LogP contribution in [-0.2, 0) is 0 Å². The normalized spacial score (nSPS) is 26.3. The van der Waals surface area contributed by atoms with Crippen molar-refractivity contribution in [3.63, 3.8) is 0 Å². The smallest absolute Gasteiger partial charge is 0.0113 e. The first-order valence-electron chi connectivity index (χ1n) is 7.51. The van der Waals surface area contributed by atoms with E-state index in [0.29, 0.717) is 5.41 Å². The Morgan fingerprint density at radius 1 is 0.882 bits per heavy atom. The highest BCUT2D eigenvalue weighted by atomic mass is 15.3. The molecule has 0 unspecified atom stereocenters. The van der Waals surface area contributed by atoms with E-state index >= 15 is 0 Å². The molecule has 17 heavy (non-hydrogen) atoms. The van der Waals surface area contributed by atoms with Crippen LogP contribution in [0.5, 0.6) is 0 Å². The minimum atomic E-state index is 0.451. The fourth-order valence-electron chi connectivity index (χ4n) is 3.40. The fourth-order valence-corrected chi connectivity index (χ4v) is 3.40. The van der Waals surface area contributed by atoms with Gasteiger partial charge in [0.05, 0.1) is 0 Å². The molecule has 1 aliphatic heterocycles. The van der Waals surface area contributed by atoms with Crippen molar-refractivity contribution in [2.24, 2.45) is 5.41 Å². The van der Waals surface area contributed by atoms with Gasteiger partial charge in [-0.15, -0.1) is 0 Å². The number of piperazine rings is 1. The predicted octanol–water partition coefficient (Wildman–Crippen LogP) is 2.98. The third-order valence-corrected chi connectivity index (χ3v) is 4.20. The van der Waals surface area contributed by atoms with Crippen LogP contribution in [0.1, 0.15) is 52.9 Å². The van der Waals surface area contributed by atoms with Crippen LogP contribution >= 0.6 is 0 Å². The van der Waals surface area contributed by atoms with Crippen LogP contribution in [0.25, 0.3) is 0 Å². The molecule has 0 N–H and O–H groups in total. The summed E-state index contributed by atoms with van der Waals surface area (Å²) in [7, 11) is 0. The summed E-state index contributed by atoms with van der Waals surface area (Å²) >= 11 is 0. The quantitative estimate of drug-likeness (QED) is 0.730. The lowest BCUT2D eigenvalue weighted by Gasteiger charge is -2.42. The largest absolute Gasteiger partial charge is 0.300 e. The molecule has 0 atom stereocenters. The van der Waals surface area contributed by atoms with Gasteiger partial charge in [0, 0.05) is 38.8 Å². The van der Waals surface area contributed by atoms with E-state index in [9.17, 15) is 0 Å².